The fraction of sp³-hybridized carbons (Fsp3) is 0.680. The van der Waals surface area contributed by atoms with E-state index in [4.69, 9.17) is 13.3 Å². The van der Waals surface area contributed by atoms with Crippen molar-refractivity contribution < 1.29 is 21.8 Å². The minimum atomic E-state index is -3.77. The van der Waals surface area contributed by atoms with Gasteiger partial charge in [-0.1, -0.05) is 64.5 Å². The van der Waals surface area contributed by atoms with Crippen molar-refractivity contribution in [2.24, 2.45) is 5.92 Å². The molecule has 0 amide bonds. The van der Waals surface area contributed by atoms with E-state index in [0.29, 0.717) is 5.92 Å². The minimum absolute atomic E-state index is 0.0361. The number of ether oxygens (including phenoxy) is 1. The summed E-state index contributed by atoms with van der Waals surface area (Å²) in [6.07, 6.45) is 6.12. The molecule has 1 aromatic rings. The minimum Gasteiger partial charge on any atom is -0.413 e. The summed E-state index contributed by atoms with van der Waals surface area (Å²) >= 11 is 0. The second-order valence-electron chi connectivity index (χ2n) is 9.27. The Labute approximate surface area is 196 Å². The SMILES string of the molecule is CC[C@H](O[Si](CC)(CC)CC)[C@@H](C)/C=C/C[C@@]1(C)O[C@@H]1COS(=O)(=O)c1ccc(C)cc1. The fourth-order valence-electron chi connectivity index (χ4n) is 4.13. The number of epoxide rings is 1. The average Bonchev–Trinajstić information content (AvgIpc) is 3.43. The Hall–Kier alpha value is -0.993. The highest BCUT2D eigenvalue weighted by Gasteiger charge is 2.52. The van der Waals surface area contributed by atoms with Crippen LogP contribution in [0.2, 0.25) is 18.1 Å². The van der Waals surface area contributed by atoms with Gasteiger partial charge in [0, 0.05) is 0 Å². The molecule has 0 N–H and O–H groups in total. The lowest BCUT2D eigenvalue weighted by Crippen LogP contribution is -2.41. The lowest BCUT2D eigenvalue weighted by molar-refractivity contribution is 0.146. The van der Waals surface area contributed by atoms with Crippen molar-refractivity contribution >= 4 is 18.4 Å². The van der Waals surface area contributed by atoms with Gasteiger partial charge in [0.1, 0.15) is 6.10 Å². The van der Waals surface area contributed by atoms with Crippen LogP contribution < -0.4 is 0 Å². The van der Waals surface area contributed by atoms with Gasteiger partial charge < -0.3 is 9.16 Å². The normalized spacial score (nSPS) is 23.4. The smallest absolute Gasteiger partial charge is 0.297 e. The largest absolute Gasteiger partial charge is 0.413 e. The van der Waals surface area contributed by atoms with E-state index in [1.807, 2.05) is 13.8 Å². The second-order valence-corrected chi connectivity index (χ2v) is 15.6. The molecule has 1 aliphatic heterocycles. The molecule has 1 aromatic carbocycles. The molecule has 0 aliphatic carbocycles. The van der Waals surface area contributed by atoms with Crippen molar-refractivity contribution in [1.29, 1.82) is 0 Å². The number of benzene rings is 1. The molecule has 1 saturated heterocycles. The van der Waals surface area contributed by atoms with Gasteiger partial charge >= 0.3 is 0 Å². The summed E-state index contributed by atoms with van der Waals surface area (Å²) in [5.74, 6) is 0.329. The lowest BCUT2D eigenvalue weighted by atomic mass is 9.99. The number of hydrogen-bond donors (Lipinski definition) is 0. The maximum Gasteiger partial charge on any atom is 0.297 e. The zero-order valence-corrected chi connectivity index (χ0v) is 22.7. The van der Waals surface area contributed by atoms with Crippen LogP contribution in [0, 0.1) is 12.8 Å². The Morgan fingerprint density at radius 1 is 1.12 bits per heavy atom. The quantitative estimate of drug-likeness (QED) is 0.136. The van der Waals surface area contributed by atoms with Crippen LogP contribution >= 0.6 is 0 Å². The van der Waals surface area contributed by atoms with Crippen molar-refractivity contribution in [3.63, 3.8) is 0 Å². The van der Waals surface area contributed by atoms with Gasteiger partial charge in [-0.2, -0.15) is 8.42 Å². The molecule has 0 bridgehead atoms. The van der Waals surface area contributed by atoms with Gasteiger partial charge in [-0.3, -0.25) is 4.18 Å². The maximum atomic E-state index is 12.4. The molecular weight excluding hydrogens is 440 g/mol. The Balaban J connectivity index is 1.86. The molecular formula is C25H42O5SSi. The first-order chi connectivity index (χ1) is 15.0. The van der Waals surface area contributed by atoms with E-state index in [9.17, 15) is 8.42 Å². The summed E-state index contributed by atoms with van der Waals surface area (Å²) in [4.78, 5) is 0.177. The molecule has 32 heavy (non-hydrogen) atoms. The van der Waals surface area contributed by atoms with Crippen molar-refractivity contribution in [1.82, 2.24) is 0 Å². The summed E-state index contributed by atoms with van der Waals surface area (Å²) in [6, 6.07) is 10.1. The van der Waals surface area contributed by atoms with Gasteiger partial charge in [0.05, 0.1) is 23.2 Å². The summed E-state index contributed by atoms with van der Waals surface area (Å²) < 4.78 is 42.5. The van der Waals surface area contributed by atoms with Crippen LogP contribution in [-0.4, -0.2) is 41.2 Å². The van der Waals surface area contributed by atoms with Crippen LogP contribution in [0.15, 0.2) is 41.3 Å². The summed E-state index contributed by atoms with van der Waals surface area (Å²) in [6.45, 7) is 15.2. The molecule has 1 aliphatic rings. The summed E-state index contributed by atoms with van der Waals surface area (Å²) in [5, 5.41) is 0. The van der Waals surface area contributed by atoms with Crippen LogP contribution in [0.3, 0.4) is 0 Å². The van der Waals surface area contributed by atoms with E-state index in [2.05, 4.69) is 46.8 Å². The molecule has 1 heterocycles. The Morgan fingerprint density at radius 2 is 1.72 bits per heavy atom. The van der Waals surface area contributed by atoms with E-state index in [1.165, 1.54) is 0 Å². The van der Waals surface area contributed by atoms with Gasteiger partial charge in [0.15, 0.2) is 8.32 Å². The molecule has 5 nitrogen and oxygen atoms in total. The van der Waals surface area contributed by atoms with Crippen LogP contribution in [0.25, 0.3) is 0 Å². The van der Waals surface area contributed by atoms with Crippen LogP contribution in [0.4, 0.5) is 0 Å². The highest BCUT2D eigenvalue weighted by Crippen LogP contribution is 2.40. The van der Waals surface area contributed by atoms with Crippen molar-refractivity contribution in [2.75, 3.05) is 6.61 Å². The topological polar surface area (TPSA) is 65.1 Å². The van der Waals surface area contributed by atoms with E-state index >= 15 is 0 Å². The molecule has 182 valence electrons. The van der Waals surface area contributed by atoms with Crippen LogP contribution in [0.5, 0.6) is 0 Å². The van der Waals surface area contributed by atoms with E-state index in [1.54, 1.807) is 24.3 Å². The third kappa shape index (κ3) is 7.00. The van der Waals surface area contributed by atoms with E-state index in [-0.39, 0.29) is 29.3 Å². The van der Waals surface area contributed by atoms with Gasteiger partial charge in [0.25, 0.3) is 10.1 Å². The van der Waals surface area contributed by atoms with E-state index < -0.39 is 18.4 Å². The van der Waals surface area contributed by atoms with E-state index in [0.717, 1.165) is 36.5 Å². The molecule has 1 fully saturated rings. The molecule has 0 spiro atoms. The molecule has 2 rings (SSSR count). The highest BCUT2D eigenvalue weighted by atomic mass is 32.2. The van der Waals surface area contributed by atoms with Crippen LogP contribution in [-0.2, 0) is 23.5 Å². The number of hydrogen-bond acceptors (Lipinski definition) is 5. The third-order valence-corrected chi connectivity index (χ3v) is 13.0. The molecule has 4 atom stereocenters. The van der Waals surface area contributed by atoms with Gasteiger partial charge in [-0.05, 0) is 62.9 Å². The Bertz CT molecular complexity index is 839. The van der Waals surface area contributed by atoms with Crippen molar-refractivity contribution in [2.45, 2.75) is 102 Å². The number of aryl methyl sites for hydroxylation is 1. The first kappa shape index (κ1) is 27.3. The summed E-state index contributed by atoms with van der Waals surface area (Å²) in [7, 11) is -5.40. The third-order valence-electron chi connectivity index (χ3n) is 7.01. The van der Waals surface area contributed by atoms with Crippen molar-refractivity contribution in [3.8, 4) is 0 Å². The Morgan fingerprint density at radius 3 is 2.25 bits per heavy atom. The average molecular weight is 483 g/mol. The predicted octanol–water partition coefficient (Wildman–Crippen LogP) is 6.24. The first-order valence-electron chi connectivity index (χ1n) is 12.0. The van der Waals surface area contributed by atoms with Gasteiger partial charge in [-0.25, -0.2) is 0 Å². The predicted molar refractivity (Wildman–Crippen MR) is 133 cm³/mol. The highest BCUT2D eigenvalue weighted by molar-refractivity contribution is 7.86. The number of rotatable bonds is 14. The zero-order valence-electron chi connectivity index (χ0n) is 20.9. The fourth-order valence-corrected chi connectivity index (χ4v) is 8.06. The van der Waals surface area contributed by atoms with Crippen LogP contribution in [0.1, 0.15) is 59.9 Å². The molecule has 0 aromatic heterocycles. The first-order valence-corrected chi connectivity index (χ1v) is 16.0. The molecule has 0 unspecified atom stereocenters. The standard InChI is InChI=1S/C25H42O5SSi/c1-8-23(30-32(9-2,10-3)11-4)21(6)13-12-18-25(7)24(29-25)19-28-31(26,27)22-16-14-20(5)15-17-22/h12-17,21,23-24H,8-11,18-19H2,1-7H3/b13-12+/t21-,23-,24+,25+/m0/s1. The summed E-state index contributed by atoms with van der Waals surface area (Å²) in [5.41, 5.74) is 0.627. The molecule has 0 saturated carbocycles. The monoisotopic (exact) mass is 482 g/mol. The second kappa shape index (κ2) is 11.4. The maximum absolute atomic E-state index is 12.4. The van der Waals surface area contributed by atoms with Gasteiger partial charge in [0.2, 0.25) is 0 Å². The molecule has 0 radical (unpaired) electrons. The Kier molecular flexibility index (Phi) is 9.73. The zero-order chi connectivity index (χ0) is 24.0. The van der Waals surface area contributed by atoms with Gasteiger partial charge in [-0.15, -0.1) is 0 Å². The lowest BCUT2D eigenvalue weighted by Gasteiger charge is -2.35. The molecule has 7 heteroatoms. The van der Waals surface area contributed by atoms with Crippen molar-refractivity contribution in [3.05, 3.63) is 42.0 Å².